The van der Waals surface area contributed by atoms with Crippen LogP contribution in [0.4, 0.5) is 11.6 Å². The average Bonchev–Trinajstić information content (AvgIpc) is 3.31. The molecule has 0 unspecified atom stereocenters. The zero-order chi connectivity index (χ0) is 21.5. The zero-order valence-corrected chi connectivity index (χ0v) is 18.4. The van der Waals surface area contributed by atoms with E-state index in [0.717, 1.165) is 67.7 Å². The molecule has 0 N–H and O–H groups in total. The molecule has 4 heterocycles. The molecule has 32 heavy (non-hydrogen) atoms. The zero-order valence-electron chi connectivity index (χ0n) is 17.7. The van der Waals surface area contributed by atoms with E-state index >= 15 is 0 Å². The van der Waals surface area contributed by atoms with Gasteiger partial charge in [-0.1, -0.05) is 23.7 Å². The first-order valence-electron chi connectivity index (χ1n) is 11.1. The number of hydrogen-bond acceptors (Lipinski definition) is 7. The summed E-state index contributed by atoms with van der Waals surface area (Å²) in [5.74, 6) is 2.80. The van der Waals surface area contributed by atoms with Gasteiger partial charge in [-0.25, -0.2) is 9.97 Å². The summed E-state index contributed by atoms with van der Waals surface area (Å²) in [5.41, 5.74) is 4.24. The van der Waals surface area contributed by atoms with Crippen molar-refractivity contribution >= 4 is 28.9 Å². The average molecular weight is 447 g/mol. The van der Waals surface area contributed by atoms with Crippen LogP contribution in [-0.4, -0.2) is 56.0 Å². The third-order valence-corrected chi connectivity index (χ3v) is 6.53. The summed E-state index contributed by atoms with van der Waals surface area (Å²) in [6.07, 6.45) is 6.08. The van der Waals surface area contributed by atoms with E-state index in [4.69, 9.17) is 21.6 Å². The number of nitrogens with zero attached hydrogens (tertiary/aromatic N) is 8. The van der Waals surface area contributed by atoms with Gasteiger partial charge in [0.2, 0.25) is 0 Å². The highest BCUT2D eigenvalue weighted by Gasteiger charge is 2.26. The molecule has 162 valence electrons. The molecular formula is C23H23ClN8. The Balaban J connectivity index is 1.29. The van der Waals surface area contributed by atoms with Crippen LogP contribution in [0.25, 0.3) is 17.0 Å². The molecule has 0 amide bonds. The van der Waals surface area contributed by atoms with Crippen LogP contribution in [0.5, 0.6) is 0 Å². The third-order valence-electron chi connectivity index (χ3n) is 6.29. The lowest BCUT2D eigenvalue weighted by Crippen LogP contribution is -2.47. The molecule has 1 aliphatic carbocycles. The molecule has 0 saturated carbocycles. The van der Waals surface area contributed by atoms with Gasteiger partial charge in [-0.15, -0.1) is 15.3 Å². The van der Waals surface area contributed by atoms with Crippen molar-refractivity contribution in [2.24, 2.45) is 0 Å². The Hall–Kier alpha value is -3.26. The van der Waals surface area contributed by atoms with E-state index in [1.807, 2.05) is 36.4 Å². The molecule has 1 aliphatic heterocycles. The summed E-state index contributed by atoms with van der Waals surface area (Å²) in [4.78, 5) is 14.7. The van der Waals surface area contributed by atoms with Gasteiger partial charge in [0.25, 0.3) is 0 Å². The Morgan fingerprint density at radius 2 is 1.72 bits per heavy atom. The summed E-state index contributed by atoms with van der Waals surface area (Å²) in [7, 11) is 0. The van der Waals surface area contributed by atoms with E-state index in [0.29, 0.717) is 5.02 Å². The fourth-order valence-electron chi connectivity index (χ4n) is 4.63. The van der Waals surface area contributed by atoms with Gasteiger partial charge < -0.3 is 9.80 Å². The van der Waals surface area contributed by atoms with E-state index in [-0.39, 0.29) is 0 Å². The fraction of sp³-hybridized carbons (Fsp3) is 0.348. The van der Waals surface area contributed by atoms with Crippen molar-refractivity contribution in [1.82, 2.24) is 29.8 Å². The molecule has 0 radical (unpaired) electrons. The van der Waals surface area contributed by atoms with Gasteiger partial charge in [0.05, 0.1) is 0 Å². The van der Waals surface area contributed by atoms with Gasteiger partial charge in [0.1, 0.15) is 18.0 Å². The topological polar surface area (TPSA) is 75.3 Å². The number of benzene rings is 1. The first-order valence-corrected chi connectivity index (χ1v) is 11.4. The summed E-state index contributed by atoms with van der Waals surface area (Å²) in [6, 6.07) is 11.8. The maximum absolute atomic E-state index is 6.24. The molecule has 0 bridgehead atoms. The number of fused-ring (bicyclic) bond motifs is 2. The highest BCUT2D eigenvalue weighted by atomic mass is 35.5. The number of piperazine rings is 1. The minimum Gasteiger partial charge on any atom is -0.353 e. The van der Waals surface area contributed by atoms with E-state index in [9.17, 15) is 0 Å². The van der Waals surface area contributed by atoms with Gasteiger partial charge in [-0.3, -0.25) is 0 Å². The first kappa shape index (κ1) is 19.4. The van der Waals surface area contributed by atoms with Crippen molar-refractivity contribution in [3.63, 3.8) is 0 Å². The highest BCUT2D eigenvalue weighted by Crippen LogP contribution is 2.32. The van der Waals surface area contributed by atoms with Crippen molar-refractivity contribution < 1.29 is 0 Å². The van der Waals surface area contributed by atoms with E-state index in [1.54, 1.807) is 10.8 Å². The van der Waals surface area contributed by atoms with Crippen molar-refractivity contribution in [3.05, 3.63) is 59.0 Å². The SMILES string of the molecule is Clc1cccc(-c2nc3c(c(N4CCN(c5ccc6nncn6n5)CC4)n2)CCCC3)c1. The molecule has 4 aromatic rings. The predicted molar refractivity (Wildman–Crippen MR) is 124 cm³/mol. The monoisotopic (exact) mass is 446 g/mol. The van der Waals surface area contributed by atoms with Crippen LogP contribution in [0.15, 0.2) is 42.7 Å². The van der Waals surface area contributed by atoms with Gasteiger partial charge in [0, 0.05) is 48.0 Å². The van der Waals surface area contributed by atoms with Gasteiger partial charge in [0.15, 0.2) is 11.5 Å². The van der Waals surface area contributed by atoms with Gasteiger partial charge in [-0.2, -0.15) is 4.52 Å². The Labute approximate surface area is 190 Å². The third kappa shape index (κ3) is 3.54. The van der Waals surface area contributed by atoms with Crippen molar-refractivity contribution in [3.8, 4) is 11.4 Å². The van der Waals surface area contributed by atoms with E-state index < -0.39 is 0 Å². The number of hydrogen-bond donors (Lipinski definition) is 0. The van der Waals surface area contributed by atoms with Crippen LogP contribution in [0.1, 0.15) is 24.1 Å². The quantitative estimate of drug-likeness (QED) is 0.477. The molecule has 0 spiro atoms. The Morgan fingerprint density at radius 1 is 0.875 bits per heavy atom. The second-order valence-electron chi connectivity index (χ2n) is 8.31. The molecule has 1 fully saturated rings. The van der Waals surface area contributed by atoms with Crippen molar-refractivity contribution in [1.29, 1.82) is 0 Å². The number of aryl methyl sites for hydroxylation is 1. The Morgan fingerprint density at radius 3 is 2.59 bits per heavy atom. The number of aromatic nitrogens is 6. The summed E-state index contributed by atoms with van der Waals surface area (Å²) < 4.78 is 1.72. The molecule has 1 aromatic carbocycles. The largest absolute Gasteiger partial charge is 0.353 e. The van der Waals surface area contributed by atoms with Crippen LogP contribution < -0.4 is 9.80 Å². The standard InChI is InChI=1S/C23H23ClN8/c24-17-5-3-4-16(14-17)22-26-19-7-2-1-6-18(19)23(27-22)31-12-10-30(11-13-31)21-9-8-20-28-25-15-32(20)29-21/h3-5,8-9,14-15H,1-2,6-7,10-13H2. The predicted octanol–water partition coefficient (Wildman–Crippen LogP) is 3.44. The number of anilines is 2. The maximum Gasteiger partial charge on any atom is 0.177 e. The van der Waals surface area contributed by atoms with Crippen molar-refractivity contribution in [2.75, 3.05) is 36.0 Å². The molecule has 8 nitrogen and oxygen atoms in total. The first-order chi connectivity index (χ1) is 15.7. The second-order valence-corrected chi connectivity index (χ2v) is 8.75. The van der Waals surface area contributed by atoms with Crippen LogP contribution in [0, 0.1) is 0 Å². The molecule has 0 atom stereocenters. The molecule has 2 aliphatic rings. The lowest BCUT2D eigenvalue weighted by atomic mass is 9.95. The molecular weight excluding hydrogens is 424 g/mol. The van der Waals surface area contributed by atoms with Crippen LogP contribution >= 0.6 is 11.6 Å². The lowest BCUT2D eigenvalue weighted by molar-refractivity contribution is 0.618. The number of rotatable bonds is 3. The minimum atomic E-state index is 0.705. The van der Waals surface area contributed by atoms with Crippen LogP contribution in [0.3, 0.4) is 0 Å². The molecule has 1 saturated heterocycles. The lowest BCUT2D eigenvalue weighted by Gasteiger charge is -2.37. The second kappa shape index (κ2) is 8.02. The van der Waals surface area contributed by atoms with Crippen LogP contribution in [0.2, 0.25) is 5.02 Å². The Kier molecular flexibility index (Phi) is 4.87. The van der Waals surface area contributed by atoms with Gasteiger partial charge in [-0.05, 0) is 49.9 Å². The normalized spacial score (nSPS) is 16.4. The number of halogens is 1. The Bertz CT molecular complexity index is 1280. The van der Waals surface area contributed by atoms with Crippen molar-refractivity contribution in [2.45, 2.75) is 25.7 Å². The molecule has 9 heteroatoms. The van der Waals surface area contributed by atoms with Gasteiger partial charge >= 0.3 is 0 Å². The summed E-state index contributed by atoms with van der Waals surface area (Å²) in [6.45, 7) is 3.54. The maximum atomic E-state index is 6.24. The fourth-order valence-corrected chi connectivity index (χ4v) is 4.82. The highest BCUT2D eigenvalue weighted by molar-refractivity contribution is 6.30. The van der Waals surface area contributed by atoms with E-state index in [2.05, 4.69) is 25.1 Å². The van der Waals surface area contributed by atoms with E-state index in [1.165, 1.54) is 24.1 Å². The molecule has 6 rings (SSSR count). The van der Waals surface area contributed by atoms with Crippen LogP contribution in [-0.2, 0) is 12.8 Å². The summed E-state index contributed by atoms with van der Waals surface area (Å²) in [5, 5.41) is 13.3. The minimum absolute atomic E-state index is 0.705. The smallest absolute Gasteiger partial charge is 0.177 e. The summed E-state index contributed by atoms with van der Waals surface area (Å²) >= 11 is 6.24. The molecule has 3 aromatic heterocycles.